The largest absolute Gasteiger partial charge is 0.444 e. The number of benzene rings is 1. The number of aromatic nitrogens is 1. The Morgan fingerprint density at radius 3 is 2.52 bits per heavy atom. The molecule has 1 aromatic carbocycles. The topological polar surface area (TPSA) is 81.2 Å². The van der Waals surface area contributed by atoms with Crippen molar-refractivity contribution in [2.24, 2.45) is 11.1 Å². The second kappa shape index (κ2) is 6.96. The fourth-order valence-corrected chi connectivity index (χ4v) is 2.62. The van der Waals surface area contributed by atoms with E-state index in [0.29, 0.717) is 25.3 Å². The number of hydrogen-bond donors (Lipinski definition) is 2. The first-order valence-corrected chi connectivity index (χ1v) is 8.00. The van der Waals surface area contributed by atoms with Crippen molar-refractivity contribution in [3.05, 3.63) is 35.7 Å². The number of hydrogen-bond acceptors (Lipinski definition) is 4. The van der Waals surface area contributed by atoms with Crippen LogP contribution in [-0.2, 0) is 4.79 Å². The Bertz CT molecular complexity index is 679. The normalized spacial score (nSPS) is 11.5. The minimum absolute atomic E-state index is 0.0385. The van der Waals surface area contributed by atoms with Gasteiger partial charge in [0.1, 0.15) is 6.26 Å². The molecule has 0 fully saturated rings. The number of aryl methyl sites for hydroxylation is 2. The molecule has 1 amide bonds. The van der Waals surface area contributed by atoms with Crippen molar-refractivity contribution >= 4 is 11.6 Å². The molecule has 0 spiro atoms. The molecule has 0 unspecified atom stereocenters. The Morgan fingerprint density at radius 2 is 2.00 bits per heavy atom. The number of oxazole rings is 1. The van der Waals surface area contributed by atoms with Crippen LogP contribution >= 0.6 is 0 Å². The predicted octanol–water partition coefficient (Wildman–Crippen LogP) is 3.66. The molecule has 2 aromatic rings. The molecule has 2 rings (SSSR count). The van der Waals surface area contributed by atoms with Crippen molar-refractivity contribution in [2.45, 2.75) is 40.5 Å². The van der Waals surface area contributed by atoms with E-state index in [0.717, 1.165) is 22.5 Å². The Balaban J connectivity index is 2.30. The Kier molecular flexibility index (Phi) is 5.21. The summed E-state index contributed by atoms with van der Waals surface area (Å²) in [5.41, 5.74) is 8.80. The van der Waals surface area contributed by atoms with E-state index in [9.17, 15) is 4.79 Å². The summed E-state index contributed by atoms with van der Waals surface area (Å²) < 4.78 is 5.48. The van der Waals surface area contributed by atoms with Crippen molar-refractivity contribution in [1.82, 2.24) is 4.98 Å². The lowest BCUT2D eigenvalue weighted by molar-refractivity contribution is -0.125. The Labute approximate surface area is 137 Å². The summed E-state index contributed by atoms with van der Waals surface area (Å²) in [6.45, 7) is 8.19. The van der Waals surface area contributed by atoms with Crippen LogP contribution in [0, 0.1) is 19.3 Å². The van der Waals surface area contributed by atoms with E-state index < -0.39 is 5.41 Å². The minimum Gasteiger partial charge on any atom is -0.444 e. The van der Waals surface area contributed by atoms with Crippen molar-refractivity contribution in [3.8, 4) is 11.5 Å². The van der Waals surface area contributed by atoms with Gasteiger partial charge in [-0.05, 0) is 44.4 Å². The SMILES string of the molecule is CCC(CC)(CN)C(=O)Nc1ccc(C)c(-c2nc(C)co2)c1. The number of anilines is 1. The van der Waals surface area contributed by atoms with E-state index in [1.807, 2.05) is 45.9 Å². The van der Waals surface area contributed by atoms with Crippen LogP contribution < -0.4 is 11.1 Å². The van der Waals surface area contributed by atoms with Crippen LogP contribution in [0.5, 0.6) is 0 Å². The molecule has 1 heterocycles. The quantitative estimate of drug-likeness (QED) is 0.852. The minimum atomic E-state index is -0.523. The van der Waals surface area contributed by atoms with E-state index in [1.165, 1.54) is 0 Å². The van der Waals surface area contributed by atoms with Gasteiger partial charge in [0.2, 0.25) is 11.8 Å². The third-order valence-electron chi connectivity index (χ3n) is 4.57. The average molecular weight is 315 g/mol. The van der Waals surface area contributed by atoms with Crippen LogP contribution in [0.15, 0.2) is 28.9 Å². The highest BCUT2D eigenvalue weighted by atomic mass is 16.3. The first kappa shape index (κ1) is 17.2. The van der Waals surface area contributed by atoms with Crippen LogP contribution in [0.4, 0.5) is 5.69 Å². The number of nitrogens with zero attached hydrogens (tertiary/aromatic N) is 1. The van der Waals surface area contributed by atoms with E-state index in [-0.39, 0.29) is 5.91 Å². The van der Waals surface area contributed by atoms with Gasteiger partial charge in [-0.3, -0.25) is 4.79 Å². The van der Waals surface area contributed by atoms with Gasteiger partial charge in [-0.2, -0.15) is 0 Å². The van der Waals surface area contributed by atoms with Gasteiger partial charge >= 0.3 is 0 Å². The molecular formula is C18H25N3O2. The molecule has 0 aliphatic rings. The van der Waals surface area contributed by atoms with E-state index in [2.05, 4.69) is 10.3 Å². The van der Waals surface area contributed by atoms with Gasteiger partial charge in [0.15, 0.2) is 0 Å². The maximum Gasteiger partial charge on any atom is 0.231 e. The zero-order valence-electron chi connectivity index (χ0n) is 14.3. The molecule has 0 bridgehead atoms. The van der Waals surface area contributed by atoms with Gasteiger partial charge in [0.25, 0.3) is 0 Å². The van der Waals surface area contributed by atoms with Crippen LogP contribution in [0.2, 0.25) is 0 Å². The highest BCUT2D eigenvalue weighted by molar-refractivity contribution is 5.96. The monoisotopic (exact) mass is 315 g/mol. The summed E-state index contributed by atoms with van der Waals surface area (Å²) in [6, 6.07) is 5.73. The molecule has 0 aliphatic carbocycles. The lowest BCUT2D eigenvalue weighted by Gasteiger charge is -2.28. The van der Waals surface area contributed by atoms with Gasteiger partial charge in [0, 0.05) is 17.8 Å². The maximum absolute atomic E-state index is 12.6. The lowest BCUT2D eigenvalue weighted by atomic mass is 9.81. The highest BCUT2D eigenvalue weighted by Crippen LogP contribution is 2.29. The molecule has 0 aliphatic heterocycles. The Hall–Kier alpha value is -2.14. The smallest absolute Gasteiger partial charge is 0.231 e. The van der Waals surface area contributed by atoms with Crippen LogP contribution in [0.1, 0.15) is 37.9 Å². The molecule has 0 saturated carbocycles. The van der Waals surface area contributed by atoms with Crippen molar-refractivity contribution in [1.29, 1.82) is 0 Å². The fourth-order valence-electron chi connectivity index (χ4n) is 2.62. The summed E-state index contributed by atoms with van der Waals surface area (Å²) >= 11 is 0. The molecule has 23 heavy (non-hydrogen) atoms. The van der Waals surface area contributed by atoms with Gasteiger partial charge < -0.3 is 15.5 Å². The fraction of sp³-hybridized carbons (Fsp3) is 0.444. The van der Waals surface area contributed by atoms with Crippen LogP contribution in [0.3, 0.4) is 0 Å². The summed E-state index contributed by atoms with van der Waals surface area (Å²) in [5, 5.41) is 2.99. The zero-order chi connectivity index (χ0) is 17.0. The molecule has 5 nitrogen and oxygen atoms in total. The third kappa shape index (κ3) is 3.45. The summed E-state index contributed by atoms with van der Waals surface area (Å²) in [5.74, 6) is 0.524. The van der Waals surface area contributed by atoms with Gasteiger partial charge in [-0.1, -0.05) is 19.9 Å². The highest BCUT2D eigenvalue weighted by Gasteiger charge is 2.33. The number of nitrogens with two attached hydrogens (primary N) is 1. The standard InChI is InChI=1S/C18H25N3O2/c1-5-18(6-2,11-19)17(22)21-14-8-7-12(3)15(9-14)16-20-13(4)10-23-16/h7-10H,5-6,11,19H2,1-4H3,(H,21,22). The Morgan fingerprint density at radius 1 is 1.30 bits per heavy atom. The molecule has 0 saturated heterocycles. The van der Waals surface area contributed by atoms with Crippen LogP contribution in [-0.4, -0.2) is 17.4 Å². The molecule has 3 N–H and O–H groups in total. The molecule has 0 radical (unpaired) electrons. The summed E-state index contributed by atoms with van der Waals surface area (Å²) in [4.78, 5) is 17.0. The molecule has 124 valence electrons. The first-order valence-electron chi connectivity index (χ1n) is 8.00. The van der Waals surface area contributed by atoms with E-state index in [1.54, 1.807) is 6.26 Å². The number of rotatable bonds is 6. The molecule has 0 atom stereocenters. The number of nitrogens with one attached hydrogen (secondary N) is 1. The average Bonchev–Trinajstić information content (AvgIpc) is 2.98. The van der Waals surface area contributed by atoms with E-state index in [4.69, 9.17) is 10.2 Å². The number of amides is 1. The second-order valence-corrected chi connectivity index (χ2v) is 5.97. The zero-order valence-corrected chi connectivity index (χ0v) is 14.3. The summed E-state index contributed by atoms with van der Waals surface area (Å²) in [7, 11) is 0. The van der Waals surface area contributed by atoms with Crippen LogP contribution in [0.25, 0.3) is 11.5 Å². The predicted molar refractivity (Wildman–Crippen MR) is 92.1 cm³/mol. The first-order chi connectivity index (χ1) is 11.0. The molecular weight excluding hydrogens is 290 g/mol. The lowest BCUT2D eigenvalue weighted by Crippen LogP contribution is -2.41. The van der Waals surface area contributed by atoms with Crippen molar-refractivity contribution in [2.75, 3.05) is 11.9 Å². The maximum atomic E-state index is 12.6. The third-order valence-corrected chi connectivity index (χ3v) is 4.57. The molecule has 1 aromatic heterocycles. The molecule has 5 heteroatoms. The summed E-state index contributed by atoms with van der Waals surface area (Å²) in [6.07, 6.45) is 3.04. The van der Waals surface area contributed by atoms with Gasteiger partial charge in [-0.15, -0.1) is 0 Å². The van der Waals surface area contributed by atoms with Crippen molar-refractivity contribution < 1.29 is 9.21 Å². The van der Waals surface area contributed by atoms with E-state index >= 15 is 0 Å². The number of carbonyl (C=O) groups excluding carboxylic acids is 1. The second-order valence-electron chi connectivity index (χ2n) is 5.97. The van der Waals surface area contributed by atoms with Gasteiger partial charge in [0.05, 0.1) is 11.1 Å². The van der Waals surface area contributed by atoms with Gasteiger partial charge in [-0.25, -0.2) is 4.98 Å². The van der Waals surface area contributed by atoms with Crippen molar-refractivity contribution in [3.63, 3.8) is 0 Å². The number of carbonyl (C=O) groups is 1.